The molecule has 0 aliphatic carbocycles. The number of rotatable bonds is 8. The van der Waals surface area contributed by atoms with E-state index in [9.17, 15) is 4.39 Å². The Hall–Kier alpha value is -1.13. The average molecular weight is 268 g/mol. The van der Waals surface area contributed by atoms with Gasteiger partial charge in [0.15, 0.2) is 0 Å². The first-order valence-corrected chi connectivity index (χ1v) is 6.72. The number of ether oxygens (including phenoxy) is 1. The van der Waals surface area contributed by atoms with Crippen LogP contribution in [0.25, 0.3) is 0 Å². The second kappa shape index (κ2) is 7.46. The first-order chi connectivity index (χ1) is 8.98. The first kappa shape index (κ1) is 15.9. The third-order valence-electron chi connectivity index (χ3n) is 3.24. The summed E-state index contributed by atoms with van der Waals surface area (Å²) in [6, 6.07) is 4.62. The van der Waals surface area contributed by atoms with Gasteiger partial charge in [0.2, 0.25) is 0 Å². The fraction of sp³-hybridized carbons (Fsp3) is 0.600. The maximum atomic E-state index is 13.2. The highest BCUT2D eigenvalue weighted by Gasteiger charge is 2.15. The van der Waals surface area contributed by atoms with Crippen LogP contribution in [0.4, 0.5) is 4.39 Å². The Morgan fingerprint density at radius 1 is 1.37 bits per heavy atom. The van der Waals surface area contributed by atoms with Crippen molar-refractivity contribution >= 4 is 0 Å². The largest absolute Gasteiger partial charge is 0.496 e. The van der Waals surface area contributed by atoms with Gasteiger partial charge in [0.1, 0.15) is 11.6 Å². The lowest BCUT2D eigenvalue weighted by Gasteiger charge is -2.24. The van der Waals surface area contributed by atoms with Crippen LogP contribution in [0.15, 0.2) is 18.2 Å². The van der Waals surface area contributed by atoms with Crippen molar-refractivity contribution in [1.29, 1.82) is 0 Å². The van der Waals surface area contributed by atoms with Gasteiger partial charge in [0, 0.05) is 6.54 Å². The van der Waals surface area contributed by atoms with E-state index in [0.717, 1.165) is 37.2 Å². The van der Waals surface area contributed by atoms with Gasteiger partial charge in [-0.15, -0.1) is 0 Å². The summed E-state index contributed by atoms with van der Waals surface area (Å²) in [5.74, 6) is 0.517. The molecule has 1 aromatic rings. The quantitative estimate of drug-likeness (QED) is 0.711. The van der Waals surface area contributed by atoms with E-state index in [-0.39, 0.29) is 11.2 Å². The molecule has 0 saturated heterocycles. The van der Waals surface area contributed by atoms with Gasteiger partial charge in [-0.3, -0.25) is 0 Å². The van der Waals surface area contributed by atoms with Crippen LogP contribution >= 0.6 is 0 Å². The minimum absolute atomic E-state index is 0.195. The Labute approximate surface area is 115 Å². The molecule has 0 saturated carbocycles. The van der Waals surface area contributed by atoms with Crippen LogP contribution in [0, 0.1) is 11.2 Å². The first-order valence-electron chi connectivity index (χ1n) is 6.72. The number of nitrogens with one attached hydrogen (secondary N) is 1. The Morgan fingerprint density at radius 3 is 2.74 bits per heavy atom. The van der Waals surface area contributed by atoms with Crippen LogP contribution in [-0.2, 0) is 6.42 Å². The summed E-state index contributed by atoms with van der Waals surface area (Å²) >= 11 is 0. The second-order valence-corrected chi connectivity index (χ2v) is 5.59. The van der Waals surface area contributed by atoms with E-state index in [0.29, 0.717) is 6.54 Å². The molecule has 0 bridgehead atoms. The number of hydrogen-bond acceptors (Lipinski definition) is 3. The van der Waals surface area contributed by atoms with Crippen molar-refractivity contribution in [1.82, 2.24) is 5.32 Å². The zero-order valence-electron chi connectivity index (χ0n) is 12.1. The number of benzene rings is 1. The third-order valence-corrected chi connectivity index (χ3v) is 3.24. The van der Waals surface area contributed by atoms with Crippen LogP contribution in [0.2, 0.25) is 0 Å². The Morgan fingerprint density at radius 2 is 2.11 bits per heavy atom. The lowest BCUT2D eigenvalue weighted by molar-refractivity contribution is 0.320. The maximum absolute atomic E-state index is 13.2. The van der Waals surface area contributed by atoms with Crippen LogP contribution < -0.4 is 15.8 Å². The molecule has 0 amide bonds. The molecular weight excluding hydrogens is 243 g/mol. The standard InChI is InChI=1S/C15H25FN2O/c1-15(2,7-8-17)11-18-9-6-12-10-13(16)4-5-14(12)19-3/h4-5,10,18H,6-9,11,17H2,1-3H3. The predicted molar refractivity (Wildman–Crippen MR) is 77.0 cm³/mol. The zero-order chi connectivity index (χ0) is 14.3. The molecule has 0 fully saturated rings. The van der Waals surface area contributed by atoms with Gasteiger partial charge < -0.3 is 15.8 Å². The van der Waals surface area contributed by atoms with Gasteiger partial charge in [-0.25, -0.2) is 4.39 Å². The summed E-state index contributed by atoms with van der Waals surface area (Å²) in [5, 5.41) is 3.40. The summed E-state index contributed by atoms with van der Waals surface area (Å²) in [6.45, 7) is 6.79. The molecule has 0 aliphatic rings. The molecule has 1 rings (SSSR count). The van der Waals surface area contributed by atoms with Crippen LogP contribution in [0.5, 0.6) is 5.75 Å². The fourth-order valence-corrected chi connectivity index (χ4v) is 2.07. The molecular formula is C15H25FN2O. The molecule has 108 valence electrons. The highest BCUT2D eigenvalue weighted by atomic mass is 19.1. The van der Waals surface area contributed by atoms with E-state index in [2.05, 4.69) is 19.2 Å². The summed E-state index contributed by atoms with van der Waals surface area (Å²) in [6.07, 6.45) is 1.74. The Bertz CT molecular complexity index is 394. The monoisotopic (exact) mass is 268 g/mol. The van der Waals surface area contributed by atoms with Gasteiger partial charge in [0.25, 0.3) is 0 Å². The molecule has 0 radical (unpaired) electrons. The number of hydrogen-bond donors (Lipinski definition) is 2. The van der Waals surface area contributed by atoms with Crippen LogP contribution in [-0.4, -0.2) is 26.7 Å². The minimum Gasteiger partial charge on any atom is -0.496 e. The van der Waals surface area contributed by atoms with E-state index >= 15 is 0 Å². The number of nitrogens with two attached hydrogens (primary N) is 1. The van der Waals surface area contributed by atoms with Crippen LogP contribution in [0.1, 0.15) is 25.8 Å². The summed E-state index contributed by atoms with van der Waals surface area (Å²) in [7, 11) is 1.61. The van der Waals surface area contributed by atoms with Gasteiger partial charge in [-0.2, -0.15) is 0 Å². The highest BCUT2D eigenvalue weighted by molar-refractivity contribution is 5.34. The van der Waals surface area contributed by atoms with E-state index in [1.807, 2.05) is 0 Å². The Balaban J connectivity index is 2.43. The Kier molecular flexibility index (Phi) is 6.25. The highest BCUT2D eigenvalue weighted by Crippen LogP contribution is 2.20. The molecule has 0 spiro atoms. The van der Waals surface area contributed by atoms with Crippen molar-refractivity contribution in [3.8, 4) is 5.75 Å². The average Bonchev–Trinajstić information content (AvgIpc) is 2.35. The van der Waals surface area contributed by atoms with Gasteiger partial charge in [-0.1, -0.05) is 13.8 Å². The molecule has 4 heteroatoms. The van der Waals surface area contributed by atoms with Crippen molar-refractivity contribution in [3.63, 3.8) is 0 Å². The normalized spacial score (nSPS) is 11.6. The molecule has 0 atom stereocenters. The van der Waals surface area contributed by atoms with E-state index < -0.39 is 0 Å². The van der Waals surface area contributed by atoms with E-state index in [4.69, 9.17) is 10.5 Å². The number of halogens is 1. The van der Waals surface area contributed by atoms with Gasteiger partial charge >= 0.3 is 0 Å². The fourth-order valence-electron chi connectivity index (χ4n) is 2.07. The van der Waals surface area contributed by atoms with Crippen LogP contribution in [0.3, 0.4) is 0 Å². The molecule has 0 aliphatic heterocycles. The molecule has 1 aromatic carbocycles. The summed E-state index contributed by atoms with van der Waals surface area (Å²) < 4.78 is 18.4. The van der Waals surface area contributed by atoms with Crippen molar-refractivity contribution in [2.75, 3.05) is 26.7 Å². The molecule has 0 unspecified atom stereocenters. The van der Waals surface area contributed by atoms with Gasteiger partial charge in [-0.05, 0) is 55.1 Å². The summed E-state index contributed by atoms with van der Waals surface area (Å²) in [4.78, 5) is 0. The van der Waals surface area contributed by atoms with Crippen molar-refractivity contribution < 1.29 is 9.13 Å². The number of methoxy groups -OCH3 is 1. The SMILES string of the molecule is COc1ccc(F)cc1CCNCC(C)(C)CCN. The maximum Gasteiger partial charge on any atom is 0.123 e. The lowest BCUT2D eigenvalue weighted by atomic mass is 9.89. The van der Waals surface area contributed by atoms with Crippen molar-refractivity contribution in [3.05, 3.63) is 29.6 Å². The molecule has 19 heavy (non-hydrogen) atoms. The molecule has 0 heterocycles. The topological polar surface area (TPSA) is 47.3 Å². The second-order valence-electron chi connectivity index (χ2n) is 5.59. The molecule has 0 aromatic heterocycles. The van der Waals surface area contributed by atoms with E-state index in [1.54, 1.807) is 13.2 Å². The zero-order valence-corrected chi connectivity index (χ0v) is 12.1. The third kappa shape index (κ3) is 5.57. The summed E-state index contributed by atoms with van der Waals surface area (Å²) in [5.41, 5.74) is 6.67. The van der Waals surface area contributed by atoms with E-state index in [1.165, 1.54) is 12.1 Å². The lowest BCUT2D eigenvalue weighted by Crippen LogP contribution is -2.32. The van der Waals surface area contributed by atoms with Gasteiger partial charge in [0.05, 0.1) is 7.11 Å². The molecule has 3 nitrogen and oxygen atoms in total. The smallest absolute Gasteiger partial charge is 0.123 e. The van der Waals surface area contributed by atoms with Crippen molar-refractivity contribution in [2.24, 2.45) is 11.1 Å². The predicted octanol–water partition coefficient (Wildman–Crippen LogP) is 2.34. The minimum atomic E-state index is -0.223. The van der Waals surface area contributed by atoms with Crippen molar-refractivity contribution in [2.45, 2.75) is 26.7 Å². The molecule has 3 N–H and O–H groups in total.